The fourth-order valence-electron chi connectivity index (χ4n) is 7.91. The van der Waals surface area contributed by atoms with E-state index in [9.17, 15) is 33.6 Å². The van der Waals surface area contributed by atoms with Gasteiger partial charge in [0.15, 0.2) is 18.3 Å². The van der Waals surface area contributed by atoms with Gasteiger partial charge in [0.05, 0.1) is 6.10 Å². The molecule has 0 aromatic heterocycles. The second-order valence-corrected chi connectivity index (χ2v) is 20.3. The topological polar surface area (TPSA) is 169 Å². The summed E-state index contributed by atoms with van der Waals surface area (Å²) in [6.07, 6.45) is -2.52. The molecule has 15 nitrogen and oxygen atoms in total. The number of likely N-dealkylation sites (N-methyl/N-ethyl adjacent to an activating group) is 4. The predicted octanol–water partition coefficient (Wildman–Crippen LogP) is 7.16. The van der Waals surface area contributed by atoms with E-state index in [4.69, 9.17) is 18.9 Å². The van der Waals surface area contributed by atoms with Gasteiger partial charge >= 0.3 is 23.9 Å². The lowest BCUT2D eigenvalue weighted by Gasteiger charge is -2.34. The van der Waals surface area contributed by atoms with Crippen LogP contribution in [0.5, 0.6) is 0 Å². The fraction of sp³-hybridized carbons (Fsp3) is 0.648. The zero-order valence-corrected chi connectivity index (χ0v) is 44.4. The maximum absolute atomic E-state index is 14.4. The Kier molecular flexibility index (Phi) is 25.1. The van der Waals surface area contributed by atoms with Crippen molar-refractivity contribution in [2.75, 3.05) is 35.2 Å². The van der Waals surface area contributed by atoms with E-state index in [-0.39, 0.29) is 49.4 Å². The molecule has 0 fully saturated rings. The van der Waals surface area contributed by atoms with Crippen molar-refractivity contribution in [1.82, 2.24) is 19.6 Å². The van der Waals surface area contributed by atoms with Gasteiger partial charge in [-0.3, -0.25) is 24.1 Å². The van der Waals surface area contributed by atoms with Crippen molar-refractivity contribution in [3.8, 4) is 0 Å². The van der Waals surface area contributed by atoms with E-state index in [0.29, 0.717) is 18.4 Å². The Morgan fingerprint density at radius 2 is 0.768 bits per heavy atom. The molecule has 3 amide bonds. The number of hydrogen-bond acceptors (Lipinski definition) is 12. The van der Waals surface area contributed by atoms with Gasteiger partial charge in [0.25, 0.3) is 17.7 Å². The molecule has 0 heterocycles. The number of hydrogen-bond donors (Lipinski definition) is 0. The zero-order chi connectivity index (χ0) is 52.3. The first-order valence-corrected chi connectivity index (χ1v) is 24.6. The van der Waals surface area contributed by atoms with Crippen LogP contribution in [0.2, 0.25) is 0 Å². The van der Waals surface area contributed by atoms with Crippen molar-refractivity contribution in [2.45, 2.75) is 170 Å². The van der Waals surface area contributed by atoms with Crippen LogP contribution in [-0.2, 0) is 65.4 Å². The molecule has 2 rings (SSSR count). The summed E-state index contributed by atoms with van der Waals surface area (Å²) in [6, 6.07) is 14.3. The Morgan fingerprint density at radius 1 is 0.435 bits per heavy atom. The number of nitrogens with zero attached hydrogens (tertiary/aromatic N) is 4. The number of carbonyl (C=O) groups excluding carboxylic acids is 7. The molecule has 386 valence electrons. The van der Waals surface area contributed by atoms with Gasteiger partial charge in [-0.05, 0) is 95.3 Å². The standard InChI is InChI=1S/C54H84N4O11/c1-17-38(10)31-45(52(63)66-37(8)9)58(16)50(61)47(33-41-26-22-19-23-27-41)69-54(65)44(30-36(6)7)56(14)48(59)39(11)67-53(64)43(29-35(4)5)57(15)49(60)46(32-40-24-20-18-21-25-40)68-51(62)42(55(12)13)28-34(2)3/h18-27,34-39,42-47H,17,28-33H2,1-16H3. The summed E-state index contributed by atoms with van der Waals surface area (Å²) in [4.78, 5) is 104. The quantitative estimate of drug-likeness (QED) is 0.0624. The van der Waals surface area contributed by atoms with E-state index in [1.54, 1.807) is 57.1 Å². The number of benzene rings is 2. The van der Waals surface area contributed by atoms with Crippen LogP contribution in [0.1, 0.15) is 119 Å². The predicted molar refractivity (Wildman–Crippen MR) is 266 cm³/mol. The third-order valence-electron chi connectivity index (χ3n) is 12.2. The van der Waals surface area contributed by atoms with Gasteiger partial charge in [-0.2, -0.15) is 0 Å². The first kappa shape index (κ1) is 59.8. The summed E-state index contributed by atoms with van der Waals surface area (Å²) in [5.41, 5.74) is 1.46. The minimum atomic E-state index is -1.42. The maximum atomic E-state index is 14.4. The number of ether oxygens (including phenoxy) is 4. The van der Waals surface area contributed by atoms with Crippen LogP contribution in [0.4, 0.5) is 0 Å². The molecule has 0 aliphatic carbocycles. The molecule has 8 unspecified atom stereocenters. The van der Waals surface area contributed by atoms with Gasteiger partial charge in [0.1, 0.15) is 24.2 Å². The molecule has 0 N–H and O–H groups in total. The van der Waals surface area contributed by atoms with Crippen molar-refractivity contribution in [2.24, 2.45) is 23.7 Å². The number of amides is 3. The highest BCUT2D eigenvalue weighted by atomic mass is 16.6. The van der Waals surface area contributed by atoms with Crippen molar-refractivity contribution < 1.29 is 52.5 Å². The molecular formula is C54H84N4O11. The van der Waals surface area contributed by atoms with Crippen LogP contribution in [0.3, 0.4) is 0 Å². The summed E-state index contributed by atoms with van der Waals surface area (Å²) in [5.74, 6) is -4.74. The average molecular weight is 965 g/mol. The summed E-state index contributed by atoms with van der Waals surface area (Å²) < 4.78 is 23.5. The monoisotopic (exact) mass is 965 g/mol. The molecule has 0 aliphatic rings. The minimum absolute atomic E-state index is 0.00578. The van der Waals surface area contributed by atoms with Gasteiger partial charge in [0, 0.05) is 34.0 Å². The molecule has 2 aromatic carbocycles. The summed E-state index contributed by atoms with van der Waals surface area (Å²) in [6.45, 7) is 20.3. The molecule has 69 heavy (non-hydrogen) atoms. The second-order valence-electron chi connectivity index (χ2n) is 20.3. The van der Waals surface area contributed by atoms with Gasteiger partial charge in [-0.25, -0.2) is 14.4 Å². The number of rotatable bonds is 28. The van der Waals surface area contributed by atoms with Crippen molar-refractivity contribution in [3.05, 3.63) is 71.8 Å². The van der Waals surface area contributed by atoms with E-state index < -0.39 is 90.2 Å². The Morgan fingerprint density at radius 3 is 1.13 bits per heavy atom. The van der Waals surface area contributed by atoms with Gasteiger partial charge in [-0.1, -0.05) is 122 Å². The van der Waals surface area contributed by atoms with Crippen LogP contribution in [-0.4, -0.2) is 145 Å². The van der Waals surface area contributed by atoms with Crippen LogP contribution in [0, 0.1) is 23.7 Å². The van der Waals surface area contributed by atoms with Crippen LogP contribution in [0.25, 0.3) is 0 Å². The van der Waals surface area contributed by atoms with Crippen molar-refractivity contribution in [1.29, 1.82) is 0 Å². The van der Waals surface area contributed by atoms with E-state index in [1.807, 2.05) is 91.8 Å². The molecule has 0 aliphatic heterocycles. The third kappa shape index (κ3) is 19.5. The van der Waals surface area contributed by atoms with Crippen LogP contribution in [0.15, 0.2) is 60.7 Å². The fourth-order valence-corrected chi connectivity index (χ4v) is 7.91. The lowest BCUT2D eigenvalue weighted by molar-refractivity contribution is -0.174. The van der Waals surface area contributed by atoms with E-state index in [0.717, 1.165) is 12.0 Å². The lowest BCUT2D eigenvalue weighted by atomic mass is 9.97. The highest BCUT2D eigenvalue weighted by Gasteiger charge is 2.41. The van der Waals surface area contributed by atoms with E-state index in [2.05, 4.69) is 0 Å². The third-order valence-corrected chi connectivity index (χ3v) is 12.2. The first-order valence-electron chi connectivity index (χ1n) is 24.6. The number of esters is 4. The molecular weight excluding hydrogens is 881 g/mol. The molecule has 0 bridgehead atoms. The normalized spacial score (nSPS) is 15.1. The molecule has 0 radical (unpaired) electrons. The molecule has 15 heteroatoms. The molecule has 0 saturated heterocycles. The lowest BCUT2D eigenvalue weighted by Crippen LogP contribution is -2.53. The summed E-state index contributed by atoms with van der Waals surface area (Å²) in [7, 11) is 7.93. The maximum Gasteiger partial charge on any atom is 0.329 e. The average Bonchev–Trinajstić information content (AvgIpc) is 3.28. The molecule has 8 atom stereocenters. The van der Waals surface area contributed by atoms with Crippen LogP contribution < -0.4 is 0 Å². The van der Waals surface area contributed by atoms with Crippen molar-refractivity contribution in [3.63, 3.8) is 0 Å². The van der Waals surface area contributed by atoms with Gasteiger partial charge in [0.2, 0.25) is 0 Å². The Hall–Kier alpha value is -5.31. The van der Waals surface area contributed by atoms with Crippen LogP contribution >= 0.6 is 0 Å². The molecule has 2 aromatic rings. The highest BCUT2D eigenvalue weighted by molar-refractivity contribution is 5.93. The van der Waals surface area contributed by atoms with E-state index >= 15 is 0 Å². The highest BCUT2D eigenvalue weighted by Crippen LogP contribution is 2.23. The molecule has 0 saturated carbocycles. The zero-order valence-electron chi connectivity index (χ0n) is 44.4. The first-order chi connectivity index (χ1) is 32.3. The molecule has 0 spiro atoms. The van der Waals surface area contributed by atoms with Crippen molar-refractivity contribution >= 4 is 41.6 Å². The minimum Gasteiger partial charge on any atom is -0.461 e. The Labute approximate surface area is 412 Å². The van der Waals surface area contributed by atoms with E-state index in [1.165, 1.54) is 42.8 Å². The Bertz CT molecular complexity index is 1940. The second kappa shape index (κ2) is 29.0. The van der Waals surface area contributed by atoms with Gasteiger partial charge in [-0.15, -0.1) is 0 Å². The summed E-state index contributed by atoms with van der Waals surface area (Å²) >= 11 is 0. The largest absolute Gasteiger partial charge is 0.461 e. The Balaban J connectivity index is 2.46. The SMILES string of the molecule is CCC(C)CC(C(=O)OC(C)C)N(C)C(=O)C(Cc1ccccc1)OC(=O)C(CC(C)C)N(C)C(=O)C(C)OC(=O)C(CC(C)C)N(C)C(=O)C(Cc1ccccc1)OC(=O)C(CC(C)C)N(C)C. The summed E-state index contributed by atoms with van der Waals surface area (Å²) in [5, 5.41) is 0. The number of carbonyl (C=O) groups is 7. The smallest absolute Gasteiger partial charge is 0.329 e. The van der Waals surface area contributed by atoms with Gasteiger partial charge < -0.3 is 33.6 Å².